The van der Waals surface area contributed by atoms with Crippen molar-refractivity contribution < 1.29 is 26.3 Å². The molecular weight excluding hydrogens is 346 g/mol. The first-order valence-electron chi connectivity index (χ1n) is 6.04. The molecule has 23 heavy (non-hydrogen) atoms. The van der Waals surface area contributed by atoms with E-state index in [0.717, 1.165) is 42.7 Å². The molecule has 0 fully saturated rings. The molecule has 0 aliphatic heterocycles. The van der Waals surface area contributed by atoms with Crippen LogP contribution in [0, 0.1) is 0 Å². The molecule has 0 bridgehead atoms. The Morgan fingerprint density at radius 3 is 1.91 bits per heavy atom. The highest BCUT2D eigenvalue weighted by molar-refractivity contribution is 5.85. The molecule has 1 heterocycles. The quantitative estimate of drug-likeness (QED) is 0.799. The molecule has 9 heteroatoms. The summed E-state index contributed by atoms with van der Waals surface area (Å²) in [5.41, 5.74) is 3.73. The largest absolute Gasteiger partial charge is 0.416 e. The molecule has 2 aromatic rings. The van der Waals surface area contributed by atoms with Gasteiger partial charge in [-0.05, 0) is 23.8 Å². The lowest BCUT2D eigenvalue weighted by Crippen LogP contribution is -2.19. The predicted molar refractivity (Wildman–Crippen MR) is 74.0 cm³/mol. The van der Waals surface area contributed by atoms with Gasteiger partial charge in [-0.3, -0.25) is 4.98 Å². The Labute approximate surface area is 133 Å². The summed E-state index contributed by atoms with van der Waals surface area (Å²) in [4.78, 5) is 3.60. The van der Waals surface area contributed by atoms with E-state index in [4.69, 9.17) is 5.73 Å². The average Bonchev–Trinajstić information content (AvgIpc) is 2.45. The van der Waals surface area contributed by atoms with Gasteiger partial charge in [0.25, 0.3) is 0 Å². The highest BCUT2D eigenvalue weighted by atomic mass is 35.5. The molecule has 1 aromatic carbocycles. The Balaban J connectivity index is 0.00000264. The second kappa shape index (κ2) is 6.76. The lowest BCUT2D eigenvalue weighted by Gasteiger charge is -2.18. The topological polar surface area (TPSA) is 38.9 Å². The van der Waals surface area contributed by atoms with E-state index >= 15 is 0 Å². The third-order valence-electron chi connectivity index (χ3n) is 3.09. The Kier molecular flexibility index (Phi) is 5.65. The van der Waals surface area contributed by atoms with Gasteiger partial charge in [-0.15, -0.1) is 12.4 Å². The van der Waals surface area contributed by atoms with Crippen molar-refractivity contribution in [2.45, 2.75) is 18.4 Å². The molecule has 1 atom stereocenters. The molecule has 2 rings (SSSR count). The fourth-order valence-electron chi connectivity index (χ4n) is 1.97. The van der Waals surface area contributed by atoms with E-state index in [9.17, 15) is 26.3 Å². The van der Waals surface area contributed by atoms with Crippen molar-refractivity contribution >= 4 is 12.4 Å². The molecule has 126 valence electrons. The maximum Gasteiger partial charge on any atom is 0.416 e. The lowest BCUT2D eigenvalue weighted by molar-refractivity contribution is -0.138. The highest BCUT2D eigenvalue weighted by Crippen LogP contribution is 2.36. The summed E-state index contributed by atoms with van der Waals surface area (Å²) >= 11 is 0. The van der Waals surface area contributed by atoms with Crippen molar-refractivity contribution in [3.8, 4) is 0 Å². The number of alkyl halides is 6. The molecule has 0 radical (unpaired) electrons. The zero-order valence-corrected chi connectivity index (χ0v) is 12.1. The molecule has 0 spiro atoms. The van der Waals surface area contributed by atoms with Crippen molar-refractivity contribution in [3.63, 3.8) is 0 Å². The van der Waals surface area contributed by atoms with Gasteiger partial charge in [0, 0.05) is 18.0 Å². The van der Waals surface area contributed by atoms with Gasteiger partial charge in [-0.1, -0.05) is 12.1 Å². The molecule has 0 saturated carbocycles. The maximum atomic E-state index is 12.9. The SMILES string of the molecule is Cl.N[C@@H](c1ccc(C(F)(F)F)cc1)c1cnccc1C(F)(F)F. The molecule has 2 nitrogen and oxygen atoms in total. The van der Waals surface area contributed by atoms with Crippen molar-refractivity contribution in [2.75, 3.05) is 0 Å². The van der Waals surface area contributed by atoms with Crippen LogP contribution >= 0.6 is 12.4 Å². The van der Waals surface area contributed by atoms with Crippen molar-refractivity contribution in [1.82, 2.24) is 4.98 Å². The van der Waals surface area contributed by atoms with Crippen LogP contribution < -0.4 is 5.73 Å². The van der Waals surface area contributed by atoms with Crippen molar-refractivity contribution in [1.29, 1.82) is 0 Å². The van der Waals surface area contributed by atoms with Gasteiger partial charge in [-0.25, -0.2) is 0 Å². The summed E-state index contributed by atoms with van der Waals surface area (Å²) in [6.45, 7) is 0. The normalized spacial score (nSPS) is 13.3. The summed E-state index contributed by atoms with van der Waals surface area (Å²) in [7, 11) is 0. The molecule has 1 aromatic heterocycles. The van der Waals surface area contributed by atoms with Crippen LogP contribution in [0.5, 0.6) is 0 Å². The first-order valence-corrected chi connectivity index (χ1v) is 6.04. The highest BCUT2D eigenvalue weighted by Gasteiger charge is 2.35. The predicted octanol–water partition coefficient (Wildman–Crippen LogP) is 4.59. The second-order valence-electron chi connectivity index (χ2n) is 4.56. The fraction of sp³-hybridized carbons (Fsp3) is 0.214. The van der Waals surface area contributed by atoms with Gasteiger partial charge >= 0.3 is 12.4 Å². The molecule has 0 saturated heterocycles. The molecule has 0 amide bonds. The summed E-state index contributed by atoms with van der Waals surface area (Å²) < 4.78 is 76.2. The molecule has 0 aliphatic carbocycles. The van der Waals surface area contributed by atoms with Crippen LogP contribution in [-0.2, 0) is 12.4 Å². The monoisotopic (exact) mass is 356 g/mol. The number of benzene rings is 1. The minimum Gasteiger partial charge on any atom is -0.320 e. The van der Waals surface area contributed by atoms with Gasteiger partial charge in [-0.2, -0.15) is 26.3 Å². The van der Waals surface area contributed by atoms with Gasteiger partial charge in [0.2, 0.25) is 0 Å². The van der Waals surface area contributed by atoms with E-state index in [-0.39, 0.29) is 23.5 Å². The van der Waals surface area contributed by atoms with E-state index in [0.29, 0.717) is 0 Å². The van der Waals surface area contributed by atoms with E-state index in [1.54, 1.807) is 0 Å². The number of nitrogens with two attached hydrogens (primary N) is 1. The van der Waals surface area contributed by atoms with Gasteiger partial charge in [0.15, 0.2) is 0 Å². The smallest absolute Gasteiger partial charge is 0.320 e. The van der Waals surface area contributed by atoms with Crippen LogP contribution in [0.3, 0.4) is 0 Å². The number of hydrogen-bond acceptors (Lipinski definition) is 2. The van der Waals surface area contributed by atoms with E-state index in [1.165, 1.54) is 0 Å². The summed E-state index contributed by atoms with van der Waals surface area (Å²) in [5.74, 6) is 0. The summed E-state index contributed by atoms with van der Waals surface area (Å²) in [6, 6.07) is 3.21. The zero-order valence-electron chi connectivity index (χ0n) is 11.3. The third kappa shape index (κ3) is 4.35. The van der Waals surface area contributed by atoms with Crippen LogP contribution in [0.4, 0.5) is 26.3 Å². The Hall–Kier alpha value is -1.80. The van der Waals surface area contributed by atoms with Gasteiger partial charge in [0.1, 0.15) is 0 Å². The van der Waals surface area contributed by atoms with Crippen molar-refractivity contribution in [2.24, 2.45) is 5.73 Å². The van der Waals surface area contributed by atoms with Gasteiger partial charge in [0.05, 0.1) is 17.2 Å². The Morgan fingerprint density at radius 2 is 1.43 bits per heavy atom. The van der Waals surface area contributed by atoms with E-state index < -0.39 is 29.5 Å². The van der Waals surface area contributed by atoms with Gasteiger partial charge < -0.3 is 5.73 Å². The van der Waals surface area contributed by atoms with Crippen LogP contribution in [0.15, 0.2) is 42.7 Å². The number of hydrogen-bond donors (Lipinski definition) is 1. The average molecular weight is 357 g/mol. The number of pyridine rings is 1. The standard InChI is InChI=1S/C14H10F6N2.ClH/c15-13(16,17)9-3-1-8(2-4-9)12(21)10-7-22-6-5-11(10)14(18,19)20;/h1-7,12H,21H2;1H/t12-;/m0./s1. The van der Waals surface area contributed by atoms with E-state index in [2.05, 4.69) is 4.98 Å². The number of nitrogens with zero attached hydrogens (tertiary/aromatic N) is 1. The number of aromatic nitrogens is 1. The molecule has 2 N–H and O–H groups in total. The number of rotatable bonds is 2. The molecular formula is C14H11ClF6N2. The van der Waals surface area contributed by atoms with Crippen LogP contribution in [0.1, 0.15) is 28.3 Å². The van der Waals surface area contributed by atoms with Crippen LogP contribution in [-0.4, -0.2) is 4.98 Å². The zero-order chi connectivity index (χ0) is 16.5. The van der Waals surface area contributed by atoms with E-state index in [1.807, 2.05) is 0 Å². The minimum atomic E-state index is -4.62. The fourth-order valence-corrected chi connectivity index (χ4v) is 1.97. The summed E-state index contributed by atoms with van der Waals surface area (Å²) in [6.07, 6.45) is -7.20. The Bertz CT molecular complexity index is 652. The maximum absolute atomic E-state index is 12.9. The Morgan fingerprint density at radius 1 is 0.870 bits per heavy atom. The van der Waals surface area contributed by atoms with Crippen LogP contribution in [0.2, 0.25) is 0 Å². The summed E-state index contributed by atoms with van der Waals surface area (Å²) in [5, 5.41) is 0. The first-order chi connectivity index (χ1) is 10.1. The molecule has 0 aliphatic rings. The second-order valence-corrected chi connectivity index (χ2v) is 4.56. The lowest BCUT2D eigenvalue weighted by atomic mass is 9.96. The van der Waals surface area contributed by atoms with Crippen LogP contribution in [0.25, 0.3) is 0 Å². The third-order valence-corrected chi connectivity index (χ3v) is 3.09. The van der Waals surface area contributed by atoms with Crippen molar-refractivity contribution in [3.05, 3.63) is 65.0 Å². The minimum absolute atomic E-state index is 0. The molecule has 0 unspecified atom stereocenters. The number of halogens is 7. The first kappa shape index (κ1) is 19.2.